The summed E-state index contributed by atoms with van der Waals surface area (Å²) in [4.78, 5) is 0. The molecule has 0 saturated heterocycles. The fraction of sp³-hybridized carbons (Fsp3) is 0.333. The number of hydrogen-bond acceptors (Lipinski definition) is 4. The minimum absolute atomic E-state index is 0.0869. The van der Waals surface area contributed by atoms with Crippen LogP contribution in [0.5, 0.6) is 5.75 Å². The highest BCUT2D eigenvalue weighted by atomic mass is 19.1. The Kier molecular flexibility index (Phi) is 2.93. The molecule has 0 aliphatic rings. The lowest BCUT2D eigenvalue weighted by Crippen LogP contribution is -2.23. The predicted molar refractivity (Wildman–Crippen MR) is 51.1 cm³/mol. The molecule has 0 radical (unpaired) electrons. The van der Waals surface area contributed by atoms with Gasteiger partial charge >= 0.3 is 0 Å². The molecule has 0 spiro atoms. The molecule has 78 valence electrons. The summed E-state index contributed by atoms with van der Waals surface area (Å²) in [5.74, 6) is -0.869. The second-order valence-electron chi connectivity index (χ2n) is 3.20. The summed E-state index contributed by atoms with van der Waals surface area (Å²) in [6.45, 7) is 1.45. The van der Waals surface area contributed by atoms with E-state index in [0.29, 0.717) is 0 Å². The highest BCUT2D eigenvalue weighted by Gasteiger charge is 2.18. The monoisotopic (exact) mass is 200 g/mol. The standard InChI is InChI=1S/C9H13FN2O2/c1-4(13)8(12)6-2-5(10)3-7(11)9(6)14/h2-4,8,13-14H,11-12H2,1H3/t4?,8-/m1/s1. The summed E-state index contributed by atoms with van der Waals surface area (Å²) in [5, 5.41) is 18.6. The summed E-state index contributed by atoms with van der Waals surface area (Å²) >= 11 is 0. The molecule has 0 fully saturated rings. The Morgan fingerprint density at radius 2 is 2.00 bits per heavy atom. The fourth-order valence-electron chi connectivity index (χ4n) is 1.16. The van der Waals surface area contributed by atoms with Crippen LogP contribution in [0.15, 0.2) is 12.1 Å². The van der Waals surface area contributed by atoms with Gasteiger partial charge in [-0.15, -0.1) is 0 Å². The molecule has 0 aliphatic carbocycles. The molecular weight excluding hydrogens is 187 g/mol. The first-order valence-electron chi connectivity index (χ1n) is 4.15. The zero-order chi connectivity index (χ0) is 10.9. The number of phenolic OH excluding ortho intramolecular Hbond substituents is 1. The van der Waals surface area contributed by atoms with Crippen LogP contribution in [0.3, 0.4) is 0 Å². The first kappa shape index (κ1) is 10.7. The summed E-state index contributed by atoms with van der Waals surface area (Å²) in [7, 11) is 0. The van der Waals surface area contributed by atoms with Crippen molar-refractivity contribution in [1.82, 2.24) is 0 Å². The number of phenols is 1. The Balaban J connectivity index is 3.20. The Bertz CT molecular complexity index is 342. The van der Waals surface area contributed by atoms with Crippen molar-refractivity contribution < 1.29 is 14.6 Å². The molecule has 0 aromatic heterocycles. The van der Waals surface area contributed by atoms with Gasteiger partial charge in [-0.2, -0.15) is 0 Å². The minimum Gasteiger partial charge on any atom is -0.505 e. The lowest BCUT2D eigenvalue weighted by molar-refractivity contribution is 0.162. The number of aliphatic hydroxyl groups excluding tert-OH is 1. The summed E-state index contributed by atoms with van der Waals surface area (Å²) in [6, 6.07) is 1.20. The first-order chi connectivity index (χ1) is 6.43. The number of benzene rings is 1. The minimum atomic E-state index is -0.887. The lowest BCUT2D eigenvalue weighted by atomic mass is 10.0. The van der Waals surface area contributed by atoms with E-state index in [1.54, 1.807) is 0 Å². The van der Waals surface area contributed by atoms with Crippen LogP contribution in [0.4, 0.5) is 10.1 Å². The van der Waals surface area contributed by atoms with Crippen molar-refractivity contribution >= 4 is 5.69 Å². The molecule has 2 atom stereocenters. The van der Waals surface area contributed by atoms with Crippen LogP contribution < -0.4 is 11.5 Å². The van der Waals surface area contributed by atoms with Crippen LogP contribution in [-0.4, -0.2) is 16.3 Å². The van der Waals surface area contributed by atoms with Gasteiger partial charge in [-0.3, -0.25) is 0 Å². The Hall–Kier alpha value is -1.33. The zero-order valence-corrected chi connectivity index (χ0v) is 7.74. The Morgan fingerprint density at radius 3 is 2.50 bits per heavy atom. The van der Waals surface area contributed by atoms with Crippen molar-refractivity contribution in [3.8, 4) is 5.75 Å². The van der Waals surface area contributed by atoms with Gasteiger partial charge in [0, 0.05) is 11.6 Å². The maximum atomic E-state index is 12.9. The van der Waals surface area contributed by atoms with Crippen molar-refractivity contribution in [1.29, 1.82) is 0 Å². The van der Waals surface area contributed by atoms with Gasteiger partial charge in [-0.05, 0) is 13.0 Å². The van der Waals surface area contributed by atoms with Crippen LogP contribution in [0.25, 0.3) is 0 Å². The van der Waals surface area contributed by atoms with Crippen molar-refractivity contribution in [2.45, 2.75) is 19.1 Å². The van der Waals surface area contributed by atoms with Crippen molar-refractivity contribution in [2.24, 2.45) is 5.73 Å². The SMILES string of the molecule is CC(O)[C@@H](N)c1cc(F)cc(N)c1O. The molecule has 0 amide bonds. The van der Waals surface area contributed by atoms with Crippen LogP contribution in [0.2, 0.25) is 0 Å². The van der Waals surface area contributed by atoms with E-state index >= 15 is 0 Å². The van der Waals surface area contributed by atoms with Gasteiger partial charge in [0.05, 0.1) is 17.8 Å². The number of hydrogen-bond donors (Lipinski definition) is 4. The highest BCUT2D eigenvalue weighted by Crippen LogP contribution is 2.31. The van der Waals surface area contributed by atoms with Crippen molar-refractivity contribution in [3.63, 3.8) is 0 Å². The van der Waals surface area contributed by atoms with E-state index in [4.69, 9.17) is 11.5 Å². The van der Waals surface area contributed by atoms with E-state index in [0.717, 1.165) is 12.1 Å². The van der Waals surface area contributed by atoms with Crippen LogP contribution >= 0.6 is 0 Å². The molecule has 0 bridgehead atoms. The third kappa shape index (κ3) is 1.94. The third-order valence-electron chi connectivity index (χ3n) is 2.01. The smallest absolute Gasteiger partial charge is 0.143 e. The molecule has 6 N–H and O–H groups in total. The number of anilines is 1. The van der Waals surface area contributed by atoms with Crippen molar-refractivity contribution in [2.75, 3.05) is 5.73 Å². The Labute approximate surface area is 81.0 Å². The van der Waals surface area contributed by atoms with Gasteiger partial charge in [0.15, 0.2) is 0 Å². The van der Waals surface area contributed by atoms with Crippen LogP contribution in [0.1, 0.15) is 18.5 Å². The third-order valence-corrected chi connectivity index (χ3v) is 2.01. The van der Waals surface area contributed by atoms with Gasteiger partial charge in [-0.25, -0.2) is 4.39 Å². The molecular formula is C9H13FN2O2. The number of nitrogen functional groups attached to an aromatic ring is 1. The van der Waals surface area contributed by atoms with E-state index in [2.05, 4.69) is 0 Å². The maximum Gasteiger partial charge on any atom is 0.143 e. The number of aromatic hydroxyl groups is 1. The number of halogens is 1. The topological polar surface area (TPSA) is 92.5 Å². The quantitative estimate of drug-likeness (QED) is 0.413. The summed E-state index contributed by atoms with van der Waals surface area (Å²) in [5.41, 5.74) is 10.9. The van der Waals surface area contributed by atoms with Crippen LogP contribution in [0, 0.1) is 5.82 Å². The Morgan fingerprint density at radius 1 is 1.43 bits per heavy atom. The van der Waals surface area contributed by atoms with Gasteiger partial charge < -0.3 is 21.7 Å². The molecule has 1 aromatic carbocycles. The number of nitrogens with two attached hydrogens (primary N) is 2. The first-order valence-corrected chi connectivity index (χ1v) is 4.15. The van der Waals surface area contributed by atoms with E-state index in [1.807, 2.05) is 0 Å². The maximum absolute atomic E-state index is 12.9. The lowest BCUT2D eigenvalue weighted by Gasteiger charge is -2.17. The molecule has 0 saturated carbocycles. The van der Waals surface area contributed by atoms with Gasteiger partial charge in [-0.1, -0.05) is 0 Å². The van der Waals surface area contributed by atoms with Crippen molar-refractivity contribution in [3.05, 3.63) is 23.5 Å². The van der Waals surface area contributed by atoms with Gasteiger partial charge in [0.1, 0.15) is 11.6 Å². The molecule has 4 nitrogen and oxygen atoms in total. The molecule has 14 heavy (non-hydrogen) atoms. The van der Waals surface area contributed by atoms with Gasteiger partial charge in [0.2, 0.25) is 0 Å². The second kappa shape index (κ2) is 3.81. The van der Waals surface area contributed by atoms with E-state index in [1.165, 1.54) is 6.92 Å². The van der Waals surface area contributed by atoms with E-state index < -0.39 is 18.0 Å². The molecule has 0 aliphatic heterocycles. The second-order valence-corrected chi connectivity index (χ2v) is 3.20. The summed E-state index contributed by atoms with van der Waals surface area (Å²) < 4.78 is 12.9. The molecule has 0 heterocycles. The molecule has 1 aromatic rings. The number of aliphatic hydroxyl groups is 1. The largest absolute Gasteiger partial charge is 0.505 e. The normalized spacial score (nSPS) is 15.1. The van der Waals surface area contributed by atoms with E-state index in [9.17, 15) is 14.6 Å². The van der Waals surface area contributed by atoms with Gasteiger partial charge in [0.25, 0.3) is 0 Å². The van der Waals surface area contributed by atoms with E-state index in [-0.39, 0.29) is 17.0 Å². The summed E-state index contributed by atoms with van der Waals surface area (Å²) in [6.07, 6.45) is -0.887. The zero-order valence-electron chi connectivity index (χ0n) is 7.74. The predicted octanol–water partition coefficient (Wildman–Crippen LogP) is 0.494. The molecule has 5 heteroatoms. The molecule has 1 rings (SSSR count). The average molecular weight is 200 g/mol. The number of rotatable bonds is 2. The average Bonchev–Trinajstić information content (AvgIpc) is 2.09. The van der Waals surface area contributed by atoms with Crippen LogP contribution in [-0.2, 0) is 0 Å². The molecule has 1 unspecified atom stereocenters. The fourth-order valence-corrected chi connectivity index (χ4v) is 1.16. The highest BCUT2D eigenvalue weighted by molar-refractivity contribution is 5.57.